The second-order valence-electron chi connectivity index (χ2n) is 5.74. The number of nitrogens with one attached hydrogen (secondary N) is 2. The maximum atomic E-state index is 11.8. The van der Waals surface area contributed by atoms with Gasteiger partial charge in [-0.1, -0.05) is 0 Å². The maximum Gasteiger partial charge on any atom is 0.251 e. The van der Waals surface area contributed by atoms with Crippen LogP contribution in [0.2, 0.25) is 0 Å². The van der Waals surface area contributed by atoms with Gasteiger partial charge in [0.25, 0.3) is 5.91 Å². The zero-order valence-electron chi connectivity index (χ0n) is 11.1. The molecule has 0 saturated heterocycles. The maximum absolute atomic E-state index is 11.8. The van der Waals surface area contributed by atoms with Crippen LogP contribution < -0.4 is 16.4 Å². The van der Waals surface area contributed by atoms with Crippen molar-refractivity contribution < 1.29 is 4.79 Å². The number of hydrogen-bond acceptors (Lipinski definition) is 3. The van der Waals surface area contributed by atoms with Crippen molar-refractivity contribution in [1.29, 1.82) is 0 Å². The fourth-order valence-electron chi connectivity index (χ4n) is 2.60. The molecule has 1 aromatic carbocycles. The molecular weight excluding hydrogens is 238 g/mol. The number of carbonyl (C=O) groups excluding carboxylic acids is 1. The van der Waals surface area contributed by atoms with E-state index in [4.69, 9.17) is 5.73 Å². The van der Waals surface area contributed by atoms with Crippen molar-refractivity contribution in [2.24, 2.45) is 5.73 Å². The predicted molar refractivity (Wildman–Crippen MR) is 76.2 cm³/mol. The van der Waals surface area contributed by atoms with E-state index in [-0.39, 0.29) is 5.91 Å². The van der Waals surface area contributed by atoms with Crippen LogP contribution >= 0.6 is 0 Å². The van der Waals surface area contributed by atoms with Crippen LogP contribution in [0.4, 0.5) is 5.69 Å². The fourth-order valence-corrected chi connectivity index (χ4v) is 2.60. The molecule has 2 fully saturated rings. The standard InChI is InChI=1S/C15H21N3O/c16-11-3-6-14(9-11)17-12-4-1-10(2-5-12)15(19)18-13-7-8-13/h1-2,4-5,11,13-14,17H,3,6-9,16H2,(H,18,19). The van der Waals surface area contributed by atoms with Gasteiger partial charge >= 0.3 is 0 Å². The first-order valence-electron chi connectivity index (χ1n) is 7.14. The third kappa shape index (κ3) is 3.26. The summed E-state index contributed by atoms with van der Waals surface area (Å²) < 4.78 is 0. The largest absolute Gasteiger partial charge is 0.382 e. The molecule has 2 saturated carbocycles. The van der Waals surface area contributed by atoms with Crippen molar-refractivity contribution >= 4 is 11.6 Å². The highest BCUT2D eigenvalue weighted by atomic mass is 16.1. The van der Waals surface area contributed by atoms with Gasteiger partial charge in [-0.2, -0.15) is 0 Å². The molecule has 2 aliphatic rings. The first-order chi connectivity index (χ1) is 9.20. The van der Waals surface area contributed by atoms with E-state index < -0.39 is 0 Å². The fraction of sp³-hybridized carbons (Fsp3) is 0.533. The molecule has 19 heavy (non-hydrogen) atoms. The van der Waals surface area contributed by atoms with E-state index in [0.717, 1.165) is 43.4 Å². The van der Waals surface area contributed by atoms with Gasteiger partial charge in [0.2, 0.25) is 0 Å². The van der Waals surface area contributed by atoms with Gasteiger partial charge in [0.1, 0.15) is 0 Å². The lowest BCUT2D eigenvalue weighted by atomic mass is 10.1. The summed E-state index contributed by atoms with van der Waals surface area (Å²) in [5, 5.41) is 6.47. The molecule has 2 atom stereocenters. The summed E-state index contributed by atoms with van der Waals surface area (Å²) >= 11 is 0. The molecule has 1 amide bonds. The van der Waals surface area contributed by atoms with Crippen LogP contribution in [0.5, 0.6) is 0 Å². The minimum atomic E-state index is 0.0388. The summed E-state index contributed by atoms with van der Waals surface area (Å²) in [5.74, 6) is 0.0388. The number of benzene rings is 1. The van der Waals surface area contributed by atoms with Crippen LogP contribution in [0.25, 0.3) is 0 Å². The molecule has 3 rings (SSSR count). The number of amides is 1. The summed E-state index contributed by atoms with van der Waals surface area (Å²) in [7, 11) is 0. The molecule has 4 nitrogen and oxygen atoms in total. The van der Waals surface area contributed by atoms with E-state index in [1.165, 1.54) is 0 Å². The monoisotopic (exact) mass is 259 g/mol. The summed E-state index contributed by atoms with van der Waals surface area (Å²) in [4.78, 5) is 11.8. The highest BCUT2D eigenvalue weighted by molar-refractivity contribution is 5.94. The molecule has 0 radical (unpaired) electrons. The van der Waals surface area contributed by atoms with Gasteiger partial charge in [-0.3, -0.25) is 4.79 Å². The Bertz CT molecular complexity index is 453. The molecule has 0 aromatic heterocycles. The van der Waals surface area contributed by atoms with Crippen molar-refractivity contribution in [2.75, 3.05) is 5.32 Å². The third-order valence-corrected chi connectivity index (χ3v) is 3.90. The van der Waals surface area contributed by atoms with E-state index in [1.807, 2.05) is 24.3 Å². The summed E-state index contributed by atoms with van der Waals surface area (Å²) in [6.07, 6.45) is 5.50. The summed E-state index contributed by atoms with van der Waals surface area (Å²) in [5.41, 5.74) is 7.71. The molecule has 4 N–H and O–H groups in total. The second-order valence-corrected chi connectivity index (χ2v) is 5.74. The summed E-state index contributed by atoms with van der Waals surface area (Å²) in [6.45, 7) is 0. The molecular formula is C15H21N3O. The predicted octanol–water partition coefficient (Wildman–Crippen LogP) is 1.87. The zero-order valence-corrected chi connectivity index (χ0v) is 11.1. The van der Waals surface area contributed by atoms with Crippen LogP contribution in [-0.4, -0.2) is 24.0 Å². The smallest absolute Gasteiger partial charge is 0.251 e. The Kier molecular flexibility index (Phi) is 3.42. The van der Waals surface area contributed by atoms with Gasteiger partial charge in [0.15, 0.2) is 0 Å². The Hall–Kier alpha value is -1.55. The quantitative estimate of drug-likeness (QED) is 0.773. The van der Waals surface area contributed by atoms with E-state index in [9.17, 15) is 4.79 Å². The van der Waals surface area contributed by atoms with Crippen LogP contribution in [-0.2, 0) is 0 Å². The van der Waals surface area contributed by atoms with Crippen LogP contribution in [0, 0.1) is 0 Å². The lowest BCUT2D eigenvalue weighted by Crippen LogP contribution is -2.25. The van der Waals surface area contributed by atoms with Gasteiger partial charge < -0.3 is 16.4 Å². The van der Waals surface area contributed by atoms with Gasteiger partial charge in [0, 0.05) is 29.4 Å². The van der Waals surface area contributed by atoms with Crippen LogP contribution in [0.3, 0.4) is 0 Å². The topological polar surface area (TPSA) is 67.1 Å². The van der Waals surface area contributed by atoms with Crippen LogP contribution in [0.1, 0.15) is 42.5 Å². The molecule has 102 valence electrons. The molecule has 0 heterocycles. The Balaban J connectivity index is 1.57. The van der Waals surface area contributed by atoms with E-state index in [0.29, 0.717) is 18.1 Å². The molecule has 0 aliphatic heterocycles. The summed E-state index contributed by atoms with van der Waals surface area (Å²) in [6, 6.07) is 8.94. The molecule has 2 aliphatic carbocycles. The minimum absolute atomic E-state index is 0.0388. The molecule has 4 heteroatoms. The number of carbonyl (C=O) groups is 1. The number of nitrogens with two attached hydrogens (primary N) is 1. The van der Waals surface area contributed by atoms with E-state index in [1.54, 1.807) is 0 Å². The van der Waals surface area contributed by atoms with Crippen LogP contribution in [0.15, 0.2) is 24.3 Å². The highest BCUT2D eigenvalue weighted by Crippen LogP contribution is 2.22. The van der Waals surface area contributed by atoms with Gasteiger partial charge in [0.05, 0.1) is 0 Å². The Labute approximate surface area is 113 Å². The SMILES string of the molecule is NC1CCC(Nc2ccc(C(=O)NC3CC3)cc2)C1. The molecule has 2 unspecified atom stereocenters. The third-order valence-electron chi connectivity index (χ3n) is 3.90. The zero-order chi connectivity index (χ0) is 13.2. The second kappa shape index (κ2) is 5.21. The first-order valence-corrected chi connectivity index (χ1v) is 7.14. The Morgan fingerprint density at radius 1 is 1.05 bits per heavy atom. The Morgan fingerprint density at radius 3 is 2.32 bits per heavy atom. The van der Waals surface area contributed by atoms with Crippen molar-refractivity contribution in [1.82, 2.24) is 5.32 Å². The highest BCUT2D eigenvalue weighted by Gasteiger charge is 2.24. The van der Waals surface area contributed by atoms with Crippen molar-refractivity contribution in [3.05, 3.63) is 29.8 Å². The first kappa shape index (κ1) is 12.5. The average Bonchev–Trinajstić information content (AvgIpc) is 3.12. The molecule has 0 bridgehead atoms. The van der Waals surface area contributed by atoms with Gasteiger partial charge in [-0.05, 0) is 56.4 Å². The van der Waals surface area contributed by atoms with Gasteiger partial charge in [-0.25, -0.2) is 0 Å². The normalized spacial score (nSPS) is 26.2. The van der Waals surface area contributed by atoms with Crippen molar-refractivity contribution in [3.63, 3.8) is 0 Å². The Morgan fingerprint density at radius 2 is 1.74 bits per heavy atom. The average molecular weight is 259 g/mol. The number of anilines is 1. The lowest BCUT2D eigenvalue weighted by Gasteiger charge is -2.14. The molecule has 0 spiro atoms. The lowest BCUT2D eigenvalue weighted by molar-refractivity contribution is 0.0951. The molecule has 1 aromatic rings. The minimum Gasteiger partial charge on any atom is -0.382 e. The van der Waals surface area contributed by atoms with Gasteiger partial charge in [-0.15, -0.1) is 0 Å². The van der Waals surface area contributed by atoms with E-state index >= 15 is 0 Å². The van der Waals surface area contributed by atoms with Crippen molar-refractivity contribution in [3.8, 4) is 0 Å². The number of rotatable bonds is 4. The van der Waals surface area contributed by atoms with Crippen molar-refractivity contribution in [2.45, 2.75) is 50.2 Å². The van der Waals surface area contributed by atoms with E-state index in [2.05, 4.69) is 10.6 Å². The number of hydrogen-bond donors (Lipinski definition) is 3.